The lowest BCUT2D eigenvalue weighted by molar-refractivity contribution is 0.0799. The van der Waals surface area contributed by atoms with Crippen molar-refractivity contribution in [1.29, 1.82) is 0 Å². The lowest BCUT2D eigenvalue weighted by atomic mass is 9.65. The van der Waals surface area contributed by atoms with Crippen LogP contribution in [0.15, 0.2) is 72.8 Å². The normalized spacial score (nSPS) is 21.5. The second-order valence-corrected chi connectivity index (χ2v) is 8.03. The summed E-state index contributed by atoms with van der Waals surface area (Å²) in [5.74, 6) is -0.591. The Balaban J connectivity index is 1.66. The smallest absolute Gasteiger partial charge is 0.175 e. The van der Waals surface area contributed by atoms with Crippen LogP contribution in [0, 0.1) is 12.8 Å². The molecule has 0 saturated carbocycles. The number of hydrogen-bond acceptors (Lipinski definition) is 2. The van der Waals surface area contributed by atoms with Crippen LogP contribution in [0.25, 0.3) is 0 Å². The molecule has 0 aliphatic heterocycles. The van der Waals surface area contributed by atoms with Crippen molar-refractivity contribution in [3.8, 4) is 0 Å². The minimum atomic E-state index is -0.620. The molecule has 2 nitrogen and oxygen atoms in total. The van der Waals surface area contributed by atoms with Gasteiger partial charge in [0.05, 0.1) is 5.92 Å². The molecule has 2 aliphatic rings. The number of carbonyl (C=O) groups excluding carboxylic acids is 2. The molecule has 0 fully saturated rings. The standard InChI is InChI=1S/C26H22O2/c1-16-10-12-18(13-11-16)20-15-14-17-6-2-3-7-19(17)23(20)24-25(27)21-8-4-5-9-22(21)26(24)28/h2-13,20,23-24H,14-15H2,1H3/t20-,23+/m1/s1. The van der Waals surface area contributed by atoms with Crippen LogP contribution >= 0.6 is 0 Å². The molecule has 0 saturated heterocycles. The Bertz CT molecular complexity index is 1040. The van der Waals surface area contributed by atoms with Gasteiger partial charge >= 0.3 is 0 Å². The molecule has 28 heavy (non-hydrogen) atoms. The Labute approximate surface area is 165 Å². The SMILES string of the molecule is Cc1ccc([C@H]2CCc3ccccc3[C@@H]2C2C(=O)c3ccccc3C2=O)cc1. The molecule has 2 aliphatic carbocycles. The van der Waals surface area contributed by atoms with Crippen molar-refractivity contribution in [2.45, 2.75) is 31.6 Å². The fraction of sp³-hybridized carbons (Fsp3) is 0.231. The molecular weight excluding hydrogens is 344 g/mol. The Hall–Kier alpha value is -3.00. The quantitative estimate of drug-likeness (QED) is 0.561. The molecule has 0 spiro atoms. The van der Waals surface area contributed by atoms with E-state index in [0.29, 0.717) is 11.1 Å². The number of hydrogen-bond donors (Lipinski definition) is 0. The molecule has 0 radical (unpaired) electrons. The number of aryl methyl sites for hydroxylation is 2. The minimum Gasteiger partial charge on any atom is -0.293 e. The number of carbonyl (C=O) groups is 2. The van der Waals surface area contributed by atoms with Crippen LogP contribution in [0.4, 0.5) is 0 Å². The maximum atomic E-state index is 13.3. The summed E-state index contributed by atoms with van der Waals surface area (Å²) in [4.78, 5) is 26.7. The van der Waals surface area contributed by atoms with E-state index in [0.717, 1.165) is 12.8 Å². The van der Waals surface area contributed by atoms with Gasteiger partial charge in [-0.1, -0.05) is 78.4 Å². The van der Waals surface area contributed by atoms with E-state index in [-0.39, 0.29) is 23.4 Å². The summed E-state index contributed by atoms with van der Waals surface area (Å²) in [6.07, 6.45) is 1.94. The molecule has 0 bridgehead atoms. The lowest BCUT2D eigenvalue weighted by Gasteiger charge is -2.36. The van der Waals surface area contributed by atoms with Gasteiger partial charge in [0.2, 0.25) is 0 Å². The number of benzene rings is 3. The molecule has 2 heteroatoms. The van der Waals surface area contributed by atoms with Crippen molar-refractivity contribution in [2.75, 3.05) is 0 Å². The van der Waals surface area contributed by atoms with Gasteiger partial charge in [0.15, 0.2) is 11.6 Å². The van der Waals surface area contributed by atoms with Crippen LogP contribution in [0.1, 0.15) is 61.2 Å². The van der Waals surface area contributed by atoms with E-state index in [4.69, 9.17) is 0 Å². The van der Waals surface area contributed by atoms with Gasteiger partial charge in [-0.05, 0) is 42.4 Å². The highest BCUT2D eigenvalue weighted by molar-refractivity contribution is 6.27. The second kappa shape index (κ2) is 6.56. The number of Topliss-reactive ketones (excluding diaryl/α,β-unsaturated/α-hetero) is 2. The first-order valence-electron chi connectivity index (χ1n) is 9.97. The third-order valence-electron chi connectivity index (χ3n) is 6.46. The van der Waals surface area contributed by atoms with E-state index in [1.807, 2.05) is 18.2 Å². The van der Waals surface area contributed by atoms with Crippen molar-refractivity contribution in [2.24, 2.45) is 5.92 Å². The van der Waals surface area contributed by atoms with E-state index in [9.17, 15) is 9.59 Å². The van der Waals surface area contributed by atoms with Crippen molar-refractivity contribution in [1.82, 2.24) is 0 Å². The van der Waals surface area contributed by atoms with E-state index < -0.39 is 5.92 Å². The number of fused-ring (bicyclic) bond motifs is 2. The molecule has 0 amide bonds. The monoisotopic (exact) mass is 366 g/mol. The molecule has 0 unspecified atom stereocenters. The molecule has 5 rings (SSSR count). The maximum Gasteiger partial charge on any atom is 0.175 e. The maximum absolute atomic E-state index is 13.3. The summed E-state index contributed by atoms with van der Waals surface area (Å²) in [6, 6.07) is 24.2. The van der Waals surface area contributed by atoms with E-state index in [1.165, 1.54) is 22.3 Å². The Morgan fingerprint density at radius 2 is 1.36 bits per heavy atom. The molecule has 138 valence electrons. The van der Waals surface area contributed by atoms with Gasteiger partial charge in [0.25, 0.3) is 0 Å². The zero-order chi connectivity index (χ0) is 19.3. The molecule has 3 aromatic carbocycles. The average molecular weight is 366 g/mol. The van der Waals surface area contributed by atoms with Gasteiger partial charge in [-0.25, -0.2) is 0 Å². The third kappa shape index (κ3) is 2.56. The van der Waals surface area contributed by atoms with Gasteiger partial charge in [0, 0.05) is 17.0 Å². The van der Waals surface area contributed by atoms with Crippen LogP contribution in [0.5, 0.6) is 0 Å². The molecule has 2 atom stereocenters. The fourth-order valence-corrected chi connectivity index (χ4v) is 5.09. The third-order valence-corrected chi connectivity index (χ3v) is 6.46. The molecule has 0 aromatic heterocycles. The first-order valence-corrected chi connectivity index (χ1v) is 9.97. The topological polar surface area (TPSA) is 34.1 Å². The zero-order valence-electron chi connectivity index (χ0n) is 15.9. The van der Waals surface area contributed by atoms with Crippen LogP contribution in [-0.4, -0.2) is 11.6 Å². The van der Waals surface area contributed by atoms with Crippen LogP contribution in [0.3, 0.4) is 0 Å². The van der Waals surface area contributed by atoms with Crippen molar-refractivity contribution in [3.05, 3.63) is 106 Å². The lowest BCUT2D eigenvalue weighted by Crippen LogP contribution is -2.32. The minimum absolute atomic E-state index is 0.0144. The predicted molar refractivity (Wildman–Crippen MR) is 110 cm³/mol. The Kier molecular flexibility index (Phi) is 4.01. The highest BCUT2D eigenvalue weighted by atomic mass is 16.2. The van der Waals surface area contributed by atoms with Crippen molar-refractivity contribution in [3.63, 3.8) is 0 Å². The summed E-state index contributed by atoms with van der Waals surface area (Å²) in [5.41, 5.74) is 6.05. The molecule has 3 aromatic rings. The van der Waals surface area contributed by atoms with Crippen molar-refractivity contribution < 1.29 is 9.59 Å². The average Bonchev–Trinajstić information content (AvgIpc) is 2.98. The van der Waals surface area contributed by atoms with Gasteiger partial charge in [-0.15, -0.1) is 0 Å². The summed E-state index contributed by atoms with van der Waals surface area (Å²) in [6.45, 7) is 2.08. The highest BCUT2D eigenvalue weighted by Crippen LogP contribution is 2.50. The first kappa shape index (κ1) is 17.1. The largest absolute Gasteiger partial charge is 0.293 e. The van der Waals surface area contributed by atoms with E-state index >= 15 is 0 Å². The van der Waals surface area contributed by atoms with Gasteiger partial charge in [0.1, 0.15) is 0 Å². The van der Waals surface area contributed by atoms with Crippen LogP contribution in [0.2, 0.25) is 0 Å². The predicted octanol–water partition coefficient (Wildman–Crippen LogP) is 5.50. The van der Waals surface area contributed by atoms with E-state index in [1.54, 1.807) is 12.1 Å². The highest BCUT2D eigenvalue weighted by Gasteiger charge is 2.48. The summed E-state index contributed by atoms with van der Waals surface area (Å²) >= 11 is 0. The molecular formula is C26H22O2. The van der Waals surface area contributed by atoms with Crippen molar-refractivity contribution >= 4 is 11.6 Å². The Morgan fingerprint density at radius 1 is 0.750 bits per heavy atom. The fourth-order valence-electron chi connectivity index (χ4n) is 5.09. The second-order valence-electron chi connectivity index (χ2n) is 8.03. The molecule has 0 N–H and O–H groups in total. The van der Waals surface area contributed by atoms with Crippen LogP contribution in [-0.2, 0) is 6.42 Å². The van der Waals surface area contributed by atoms with Crippen LogP contribution < -0.4 is 0 Å². The Morgan fingerprint density at radius 3 is 2.04 bits per heavy atom. The summed E-state index contributed by atoms with van der Waals surface area (Å²) < 4.78 is 0. The number of ketones is 2. The van der Waals surface area contributed by atoms with Gasteiger partial charge < -0.3 is 0 Å². The molecule has 0 heterocycles. The van der Waals surface area contributed by atoms with Gasteiger partial charge in [-0.3, -0.25) is 9.59 Å². The first-order chi connectivity index (χ1) is 13.6. The number of rotatable bonds is 2. The summed E-state index contributed by atoms with van der Waals surface area (Å²) in [5, 5.41) is 0. The van der Waals surface area contributed by atoms with Gasteiger partial charge in [-0.2, -0.15) is 0 Å². The van der Waals surface area contributed by atoms with E-state index in [2.05, 4.69) is 49.4 Å². The zero-order valence-corrected chi connectivity index (χ0v) is 15.9. The summed E-state index contributed by atoms with van der Waals surface area (Å²) in [7, 11) is 0.